The molecule has 216 valence electrons. The fourth-order valence-corrected chi connectivity index (χ4v) is 5.47. The smallest absolute Gasteiger partial charge is 0.407 e. The van der Waals surface area contributed by atoms with Crippen LogP contribution >= 0.6 is 23.2 Å². The minimum atomic E-state index is -0.599. The van der Waals surface area contributed by atoms with Crippen molar-refractivity contribution in [3.8, 4) is 0 Å². The van der Waals surface area contributed by atoms with Gasteiger partial charge in [0.2, 0.25) is 0 Å². The van der Waals surface area contributed by atoms with Crippen molar-refractivity contribution in [3.63, 3.8) is 0 Å². The minimum Gasteiger partial charge on any atom is -0.462 e. The molecule has 0 unspecified atom stereocenters. The van der Waals surface area contributed by atoms with Crippen LogP contribution in [0.25, 0.3) is 11.0 Å². The Morgan fingerprint density at radius 2 is 1.85 bits per heavy atom. The highest BCUT2D eigenvalue weighted by atomic mass is 35.5. The Morgan fingerprint density at radius 3 is 2.50 bits per heavy atom. The van der Waals surface area contributed by atoms with Gasteiger partial charge in [0.25, 0.3) is 0 Å². The van der Waals surface area contributed by atoms with Crippen molar-refractivity contribution < 1.29 is 19.1 Å². The summed E-state index contributed by atoms with van der Waals surface area (Å²) in [4.78, 5) is 32.2. The molecule has 3 aromatic rings. The van der Waals surface area contributed by atoms with Crippen LogP contribution in [0.15, 0.2) is 24.3 Å². The van der Waals surface area contributed by atoms with E-state index in [2.05, 4.69) is 17.1 Å². The van der Waals surface area contributed by atoms with Crippen LogP contribution in [0.4, 0.5) is 10.5 Å². The third-order valence-corrected chi connectivity index (χ3v) is 7.96. The molecule has 2 aromatic carbocycles. The zero-order chi connectivity index (χ0) is 29.2. The number of benzene rings is 2. The van der Waals surface area contributed by atoms with Gasteiger partial charge in [-0.2, -0.15) is 0 Å². The molecule has 1 amide bonds. The summed E-state index contributed by atoms with van der Waals surface area (Å²) in [5.41, 5.74) is 3.84. The first-order valence-electron chi connectivity index (χ1n) is 13.7. The summed E-state index contributed by atoms with van der Waals surface area (Å²) in [7, 11) is 1.95. The van der Waals surface area contributed by atoms with E-state index in [1.165, 1.54) is 0 Å². The number of piperidine rings is 1. The van der Waals surface area contributed by atoms with E-state index in [0.717, 1.165) is 48.5 Å². The van der Waals surface area contributed by atoms with E-state index in [-0.39, 0.29) is 12.5 Å². The second-order valence-electron chi connectivity index (χ2n) is 11.4. The van der Waals surface area contributed by atoms with Crippen molar-refractivity contribution in [2.75, 3.05) is 24.6 Å². The van der Waals surface area contributed by atoms with Gasteiger partial charge in [-0.05, 0) is 75.8 Å². The molecule has 1 fully saturated rings. The maximum atomic E-state index is 13.0. The summed E-state index contributed by atoms with van der Waals surface area (Å²) >= 11 is 13.4. The van der Waals surface area contributed by atoms with E-state index >= 15 is 0 Å². The number of nitrogens with zero attached hydrogens (tertiary/aromatic N) is 3. The zero-order valence-electron chi connectivity index (χ0n) is 24.1. The Kier molecular flexibility index (Phi) is 9.20. The van der Waals surface area contributed by atoms with Gasteiger partial charge in [0.15, 0.2) is 0 Å². The summed E-state index contributed by atoms with van der Waals surface area (Å²) in [6.45, 7) is 11.8. The van der Waals surface area contributed by atoms with Crippen molar-refractivity contribution in [3.05, 3.63) is 56.8 Å². The molecule has 0 aliphatic carbocycles. The van der Waals surface area contributed by atoms with Gasteiger partial charge in [-0.15, -0.1) is 0 Å². The number of anilines is 1. The number of hydrogen-bond donors (Lipinski definition) is 1. The molecule has 1 saturated heterocycles. The zero-order valence-corrected chi connectivity index (χ0v) is 25.6. The Labute approximate surface area is 245 Å². The lowest BCUT2D eigenvalue weighted by Gasteiger charge is -2.33. The summed E-state index contributed by atoms with van der Waals surface area (Å²) in [6.07, 6.45) is 2.00. The number of carbonyl (C=O) groups excluding carboxylic acids is 2. The van der Waals surface area contributed by atoms with Gasteiger partial charge in [0.05, 0.1) is 33.9 Å². The molecule has 2 heterocycles. The fraction of sp³-hybridized carbons (Fsp3) is 0.500. The van der Waals surface area contributed by atoms with Crippen LogP contribution < -0.4 is 10.2 Å². The first-order chi connectivity index (χ1) is 18.9. The summed E-state index contributed by atoms with van der Waals surface area (Å²) in [5.74, 6) is 1.07. The Bertz CT molecular complexity index is 1410. The van der Waals surface area contributed by atoms with Gasteiger partial charge in [0, 0.05) is 38.1 Å². The van der Waals surface area contributed by atoms with E-state index in [1.54, 1.807) is 12.1 Å². The number of halogens is 2. The molecular formula is C30H38Cl2N4O4. The predicted octanol–water partition coefficient (Wildman–Crippen LogP) is 6.91. The SMILES string of the molecule is CCOC(=O)c1cc2nc(Cc3c(Cl)ccc(CNC(=O)OC(C)(C)C)c3Cl)n(C)c2cc1N1CCC(C)CC1. The van der Waals surface area contributed by atoms with E-state index in [0.29, 0.717) is 45.6 Å². The van der Waals surface area contributed by atoms with Crippen LogP contribution in [0.2, 0.25) is 10.0 Å². The molecule has 4 rings (SSSR count). The van der Waals surface area contributed by atoms with E-state index in [9.17, 15) is 9.59 Å². The van der Waals surface area contributed by atoms with E-state index in [1.807, 2.05) is 51.4 Å². The molecule has 1 aromatic heterocycles. The summed E-state index contributed by atoms with van der Waals surface area (Å²) < 4.78 is 12.7. The number of ether oxygens (including phenoxy) is 2. The highest BCUT2D eigenvalue weighted by molar-refractivity contribution is 6.36. The van der Waals surface area contributed by atoms with Crippen LogP contribution in [-0.4, -0.2) is 46.9 Å². The van der Waals surface area contributed by atoms with Crippen molar-refractivity contribution in [1.29, 1.82) is 0 Å². The molecule has 10 heteroatoms. The van der Waals surface area contributed by atoms with Crippen LogP contribution in [0.1, 0.15) is 74.8 Å². The van der Waals surface area contributed by atoms with Crippen LogP contribution in [0, 0.1) is 5.92 Å². The number of aromatic nitrogens is 2. The number of alkyl carbamates (subject to hydrolysis) is 1. The molecule has 0 radical (unpaired) electrons. The number of aryl methyl sites for hydroxylation is 1. The molecule has 0 atom stereocenters. The van der Waals surface area contributed by atoms with Crippen molar-refractivity contribution in [1.82, 2.24) is 14.9 Å². The molecule has 0 spiro atoms. The maximum Gasteiger partial charge on any atom is 0.407 e. The van der Waals surface area contributed by atoms with Gasteiger partial charge in [-0.1, -0.05) is 36.2 Å². The normalized spacial score (nSPS) is 14.4. The number of amides is 1. The lowest BCUT2D eigenvalue weighted by Crippen LogP contribution is -2.34. The number of hydrogen-bond acceptors (Lipinski definition) is 6. The van der Waals surface area contributed by atoms with Crippen molar-refractivity contribution >= 4 is 52.0 Å². The maximum absolute atomic E-state index is 13.0. The van der Waals surface area contributed by atoms with E-state index < -0.39 is 11.7 Å². The van der Waals surface area contributed by atoms with Crippen LogP contribution in [-0.2, 0) is 29.5 Å². The largest absolute Gasteiger partial charge is 0.462 e. The van der Waals surface area contributed by atoms with Gasteiger partial charge < -0.3 is 24.3 Å². The lowest BCUT2D eigenvalue weighted by molar-refractivity contribution is 0.0514. The van der Waals surface area contributed by atoms with Crippen molar-refractivity contribution in [2.45, 2.75) is 66.0 Å². The number of rotatable bonds is 7. The molecule has 0 bridgehead atoms. The lowest BCUT2D eigenvalue weighted by atomic mass is 9.98. The van der Waals surface area contributed by atoms with Gasteiger partial charge in [-0.25, -0.2) is 14.6 Å². The molecule has 1 aliphatic rings. The monoisotopic (exact) mass is 588 g/mol. The average molecular weight is 590 g/mol. The topological polar surface area (TPSA) is 85.7 Å². The Balaban J connectivity index is 1.66. The quantitative estimate of drug-likeness (QED) is 0.302. The summed E-state index contributed by atoms with van der Waals surface area (Å²) in [5, 5.41) is 3.72. The number of nitrogens with one attached hydrogen (secondary N) is 1. The highest BCUT2D eigenvalue weighted by Crippen LogP contribution is 2.34. The minimum absolute atomic E-state index is 0.196. The number of carbonyl (C=O) groups is 2. The standard InChI is InChI=1S/C30H38Cl2N4O4/c1-7-39-28(37)21-14-23-25(16-24(21)36-12-10-18(2)11-13-36)35(6)26(34-23)15-20-22(31)9-8-19(27(20)32)17-33-29(38)40-30(3,4)5/h8-9,14,16,18H,7,10-13,15,17H2,1-6H3,(H,33,38). The molecule has 8 nitrogen and oxygen atoms in total. The first-order valence-corrected chi connectivity index (χ1v) is 14.5. The van der Waals surface area contributed by atoms with Crippen LogP contribution in [0.5, 0.6) is 0 Å². The Morgan fingerprint density at radius 1 is 1.15 bits per heavy atom. The van der Waals surface area contributed by atoms with Crippen molar-refractivity contribution in [2.24, 2.45) is 13.0 Å². The molecule has 40 heavy (non-hydrogen) atoms. The fourth-order valence-electron chi connectivity index (χ4n) is 4.90. The second kappa shape index (κ2) is 12.3. The van der Waals surface area contributed by atoms with E-state index in [4.69, 9.17) is 37.7 Å². The predicted molar refractivity (Wildman–Crippen MR) is 160 cm³/mol. The number of fused-ring (bicyclic) bond motifs is 1. The summed E-state index contributed by atoms with van der Waals surface area (Å²) in [6, 6.07) is 7.43. The molecule has 1 aliphatic heterocycles. The number of esters is 1. The molecule has 1 N–H and O–H groups in total. The van der Waals surface area contributed by atoms with Crippen LogP contribution in [0.3, 0.4) is 0 Å². The third kappa shape index (κ3) is 6.84. The highest BCUT2D eigenvalue weighted by Gasteiger charge is 2.25. The average Bonchev–Trinajstić information content (AvgIpc) is 3.19. The Hall–Kier alpha value is -2.97. The third-order valence-electron chi connectivity index (χ3n) is 7.13. The van der Waals surface area contributed by atoms with Gasteiger partial charge in [-0.3, -0.25) is 0 Å². The van der Waals surface area contributed by atoms with Gasteiger partial charge in [0.1, 0.15) is 11.4 Å². The van der Waals surface area contributed by atoms with Gasteiger partial charge >= 0.3 is 12.1 Å². The second-order valence-corrected chi connectivity index (χ2v) is 12.2. The molecule has 0 saturated carbocycles. The first kappa shape index (κ1) is 30.0. The number of imidazole rings is 1. The molecular weight excluding hydrogens is 551 g/mol.